The minimum absolute atomic E-state index is 0.00294. The second-order valence-electron chi connectivity index (χ2n) is 7.02. The van der Waals surface area contributed by atoms with E-state index in [9.17, 15) is 14.4 Å². The molecule has 10 heteroatoms. The highest BCUT2D eigenvalue weighted by Gasteiger charge is 2.20. The van der Waals surface area contributed by atoms with Crippen molar-refractivity contribution in [3.05, 3.63) is 48.0 Å². The highest BCUT2D eigenvalue weighted by atomic mass is 32.1. The van der Waals surface area contributed by atoms with E-state index in [0.29, 0.717) is 28.5 Å². The number of carbonyl (C=O) groups is 3. The number of urea groups is 1. The molecule has 0 saturated heterocycles. The molecular formula is C23H26N4O5S. The third-order valence-electron chi connectivity index (χ3n) is 4.69. The molecule has 3 rings (SSSR count). The minimum atomic E-state index is -0.560. The molecule has 174 valence electrons. The van der Waals surface area contributed by atoms with Crippen LogP contribution in [0.15, 0.2) is 42.5 Å². The quantitative estimate of drug-likeness (QED) is 0.397. The molecule has 0 aliphatic heterocycles. The molecular weight excluding hydrogens is 444 g/mol. The van der Waals surface area contributed by atoms with Crippen molar-refractivity contribution in [2.24, 2.45) is 0 Å². The number of hydrogen-bond acceptors (Lipinski definition) is 7. The van der Waals surface area contributed by atoms with Crippen molar-refractivity contribution in [2.75, 3.05) is 24.4 Å². The number of nitrogens with one attached hydrogen (secondary N) is 3. The third-order valence-corrected chi connectivity index (χ3v) is 5.61. The summed E-state index contributed by atoms with van der Waals surface area (Å²) in [6.45, 7) is 3.76. The molecule has 9 nitrogen and oxygen atoms in total. The van der Waals surface area contributed by atoms with E-state index in [1.54, 1.807) is 26.0 Å². The largest absolute Gasteiger partial charge is 0.494 e. The summed E-state index contributed by atoms with van der Waals surface area (Å²) < 4.78 is 11.2. The van der Waals surface area contributed by atoms with Gasteiger partial charge in [-0.25, -0.2) is 9.78 Å². The van der Waals surface area contributed by atoms with Crippen molar-refractivity contribution in [2.45, 2.75) is 32.7 Å². The SMILES string of the molecule is CCOC(=O)CC(NC(=O)Nc1cc(OC)c2nc(NC(=O)CC)sc2c1)c1ccccc1. The van der Waals surface area contributed by atoms with Gasteiger partial charge in [-0.15, -0.1) is 0 Å². The summed E-state index contributed by atoms with van der Waals surface area (Å²) in [6, 6.07) is 11.6. The molecule has 2 aromatic carbocycles. The zero-order valence-electron chi connectivity index (χ0n) is 18.6. The Morgan fingerprint density at radius 3 is 2.52 bits per heavy atom. The molecule has 1 atom stereocenters. The molecule has 0 aliphatic carbocycles. The van der Waals surface area contributed by atoms with Crippen LogP contribution in [0.1, 0.15) is 38.3 Å². The van der Waals surface area contributed by atoms with Gasteiger partial charge in [-0.1, -0.05) is 48.6 Å². The van der Waals surface area contributed by atoms with Crippen LogP contribution in [0.4, 0.5) is 15.6 Å². The first-order valence-electron chi connectivity index (χ1n) is 10.5. The van der Waals surface area contributed by atoms with Crippen molar-refractivity contribution in [3.63, 3.8) is 0 Å². The molecule has 3 N–H and O–H groups in total. The van der Waals surface area contributed by atoms with Crippen LogP contribution in [0.5, 0.6) is 5.75 Å². The molecule has 0 spiro atoms. The van der Waals surface area contributed by atoms with Crippen molar-refractivity contribution in [1.82, 2.24) is 10.3 Å². The van der Waals surface area contributed by atoms with E-state index in [-0.39, 0.29) is 18.9 Å². The van der Waals surface area contributed by atoms with Crippen LogP contribution in [-0.2, 0) is 14.3 Å². The van der Waals surface area contributed by atoms with Crippen LogP contribution < -0.4 is 20.7 Å². The Bertz CT molecular complexity index is 1130. The van der Waals surface area contributed by atoms with Gasteiger partial charge in [0.25, 0.3) is 0 Å². The topological polar surface area (TPSA) is 119 Å². The number of rotatable bonds is 9. The van der Waals surface area contributed by atoms with Gasteiger partial charge in [0, 0.05) is 18.2 Å². The number of amides is 3. The summed E-state index contributed by atoms with van der Waals surface area (Å²) in [6.07, 6.45) is 0.345. The molecule has 0 aliphatic rings. The lowest BCUT2D eigenvalue weighted by molar-refractivity contribution is -0.143. The lowest BCUT2D eigenvalue weighted by Gasteiger charge is -2.19. The van der Waals surface area contributed by atoms with Gasteiger partial charge >= 0.3 is 12.0 Å². The lowest BCUT2D eigenvalue weighted by Crippen LogP contribution is -2.34. The Kier molecular flexibility index (Phi) is 8.20. The molecule has 0 radical (unpaired) electrons. The van der Waals surface area contributed by atoms with Crippen molar-refractivity contribution >= 4 is 50.3 Å². The van der Waals surface area contributed by atoms with Gasteiger partial charge in [0.1, 0.15) is 11.3 Å². The zero-order chi connectivity index (χ0) is 23.8. The van der Waals surface area contributed by atoms with Gasteiger partial charge in [0.15, 0.2) is 5.13 Å². The summed E-state index contributed by atoms with van der Waals surface area (Å²) >= 11 is 1.28. The first-order chi connectivity index (χ1) is 15.9. The minimum Gasteiger partial charge on any atom is -0.494 e. The molecule has 1 heterocycles. The van der Waals surface area contributed by atoms with Gasteiger partial charge in [-0.05, 0) is 18.6 Å². The Morgan fingerprint density at radius 2 is 1.85 bits per heavy atom. The van der Waals surface area contributed by atoms with Crippen LogP contribution in [-0.4, -0.2) is 36.6 Å². The van der Waals surface area contributed by atoms with E-state index in [4.69, 9.17) is 9.47 Å². The monoisotopic (exact) mass is 470 g/mol. The predicted molar refractivity (Wildman–Crippen MR) is 128 cm³/mol. The van der Waals surface area contributed by atoms with Gasteiger partial charge in [-0.2, -0.15) is 0 Å². The second-order valence-corrected chi connectivity index (χ2v) is 8.05. The number of hydrogen-bond donors (Lipinski definition) is 3. The standard InChI is InChI=1S/C23H26N4O5S/c1-4-19(28)26-23-27-21-17(31-3)11-15(12-18(21)33-23)24-22(30)25-16(13-20(29)32-5-2)14-9-7-6-8-10-14/h6-12,16H,4-5,13H2,1-3H3,(H2,24,25,30)(H,26,27,28). The Morgan fingerprint density at radius 1 is 1.09 bits per heavy atom. The van der Waals surface area contributed by atoms with E-state index in [2.05, 4.69) is 20.9 Å². The van der Waals surface area contributed by atoms with Crippen LogP contribution in [0.3, 0.4) is 0 Å². The molecule has 3 amide bonds. The normalized spacial score (nSPS) is 11.5. The smallest absolute Gasteiger partial charge is 0.319 e. The average molecular weight is 471 g/mol. The molecule has 1 unspecified atom stereocenters. The molecule has 0 fully saturated rings. The first-order valence-corrected chi connectivity index (χ1v) is 11.3. The van der Waals surface area contributed by atoms with Crippen LogP contribution in [0.2, 0.25) is 0 Å². The van der Waals surface area contributed by atoms with Crippen molar-refractivity contribution < 1.29 is 23.9 Å². The molecule has 3 aromatic rings. The number of thiazole rings is 1. The number of nitrogens with zero attached hydrogens (tertiary/aromatic N) is 1. The van der Waals surface area contributed by atoms with Gasteiger partial charge in [0.05, 0.1) is 30.9 Å². The molecule has 0 bridgehead atoms. The van der Waals surface area contributed by atoms with Gasteiger partial charge in [-0.3, -0.25) is 9.59 Å². The number of esters is 1. The predicted octanol–water partition coefficient (Wildman–Crippen LogP) is 4.47. The maximum absolute atomic E-state index is 12.8. The van der Waals surface area contributed by atoms with E-state index < -0.39 is 18.0 Å². The average Bonchev–Trinajstić information content (AvgIpc) is 3.20. The fourth-order valence-electron chi connectivity index (χ4n) is 3.14. The van der Waals surface area contributed by atoms with Crippen LogP contribution in [0.25, 0.3) is 10.2 Å². The summed E-state index contributed by atoms with van der Waals surface area (Å²) in [4.78, 5) is 40.9. The number of benzene rings is 2. The fourth-order valence-corrected chi connectivity index (χ4v) is 4.08. The summed E-state index contributed by atoms with van der Waals surface area (Å²) in [5.41, 5.74) is 1.86. The Balaban J connectivity index is 1.78. The fraction of sp³-hybridized carbons (Fsp3) is 0.304. The maximum Gasteiger partial charge on any atom is 0.319 e. The summed E-state index contributed by atoms with van der Waals surface area (Å²) in [5.74, 6) is -0.0810. The number of ether oxygens (including phenoxy) is 2. The van der Waals surface area contributed by atoms with E-state index in [0.717, 1.165) is 10.3 Å². The van der Waals surface area contributed by atoms with E-state index in [1.807, 2.05) is 30.3 Å². The number of methoxy groups -OCH3 is 1. The molecule has 1 aromatic heterocycles. The van der Waals surface area contributed by atoms with Gasteiger partial charge < -0.3 is 25.4 Å². The van der Waals surface area contributed by atoms with Crippen LogP contribution >= 0.6 is 11.3 Å². The number of aromatic nitrogens is 1. The lowest BCUT2D eigenvalue weighted by atomic mass is 10.0. The number of anilines is 2. The number of fused-ring (bicyclic) bond motifs is 1. The Hall–Kier alpha value is -3.66. The highest BCUT2D eigenvalue weighted by Crippen LogP contribution is 2.35. The third kappa shape index (κ3) is 6.42. The molecule has 0 saturated carbocycles. The van der Waals surface area contributed by atoms with Crippen LogP contribution in [0, 0.1) is 0 Å². The Labute approximate surface area is 195 Å². The van der Waals surface area contributed by atoms with Crippen molar-refractivity contribution in [3.8, 4) is 5.75 Å². The summed E-state index contributed by atoms with van der Waals surface area (Å²) in [5, 5.41) is 8.81. The van der Waals surface area contributed by atoms with Gasteiger partial charge in [0.2, 0.25) is 5.91 Å². The second kappa shape index (κ2) is 11.3. The highest BCUT2D eigenvalue weighted by molar-refractivity contribution is 7.22. The summed E-state index contributed by atoms with van der Waals surface area (Å²) in [7, 11) is 1.51. The first kappa shape index (κ1) is 24.0. The zero-order valence-corrected chi connectivity index (χ0v) is 19.5. The maximum atomic E-state index is 12.8. The van der Waals surface area contributed by atoms with E-state index >= 15 is 0 Å². The molecule has 33 heavy (non-hydrogen) atoms. The van der Waals surface area contributed by atoms with Crippen molar-refractivity contribution in [1.29, 1.82) is 0 Å². The van der Waals surface area contributed by atoms with E-state index in [1.165, 1.54) is 18.4 Å². The number of carbonyl (C=O) groups excluding carboxylic acids is 3.